The van der Waals surface area contributed by atoms with Crippen LogP contribution < -0.4 is 5.73 Å². The van der Waals surface area contributed by atoms with E-state index in [1.54, 1.807) is 19.1 Å². The number of halogens is 1. The second-order valence-electron chi connectivity index (χ2n) is 3.70. The Morgan fingerprint density at radius 1 is 1.44 bits per heavy atom. The smallest absolute Gasteiger partial charge is 0.325 e. The maximum Gasteiger partial charge on any atom is 0.325 e. The molecule has 0 radical (unpaired) electrons. The number of nitrogens with two attached hydrogens (primary N) is 1. The molecule has 0 aliphatic rings. The third-order valence-electron chi connectivity index (χ3n) is 2.26. The van der Waals surface area contributed by atoms with Gasteiger partial charge in [-0.05, 0) is 25.1 Å². The third kappa shape index (κ3) is 3.63. The summed E-state index contributed by atoms with van der Waals surface area (Å²) in [6.07, 6.45) is 0. The third-order valence-corrected chi connectivity index (χ3v) is 2.50. The van der Waals surface area contributed by atoms with E-state index in [2.05, 4.69) is 0 Å². The molecular formula is C12H15ClN2O3. The Bertz CT molecular complexity index is 463. The van der Waals surface area contributed by atoms with Crippen LogP contribution in [0, 0.1) is 0 Å². The van der Waals surface area contributed by atoms with Crippen molar-refractivity contribution in [2.75, 3.05) is 25.9 Å². The van der Waals surface area contributed by atoms with Crippen LogP contribution in [0.4, 0.5) is 5.69 Å². The Balaban J connectivity index is 2.80. The molecule has 0 bridgehead atoms. The summed E-state index contributed by atoms with van der Waals surface area (Å²) in [5, 5.41) is 0.414. The first kappa shape index (κ1) is 14.3. The highest BCUT2D eigenvalue weighted by atomic mass is 35.5. The number of nitrogens with zero attached hydrogens (tertiary/aromatic N) is 1. The molecule has 1 aromatic rings. The minimum Gasteiger partial charge on any atom is -0.465 e. The summed E-state index contributed by atoms with van der Waals surface area (Å²) in [6, 6.07) is 4.62. The van der Waals surface area contributed by atoms with Gasteiger partial charge in [0.05, 0.1) is 12.2 Å². The first-order valence-corrected chi connectivity index (χ1v) is 5.79. The van der Waals surface area contributed by atoms with Gasteiger partial charge in [-0.1, -0.05) is 11.6 Å². The number of likely N-dealkylation sites (N-methyl/N-ethyl adjacent to an activating group) is 1. The second kappa shape index (κ2) is 6.26. The molecule has 1 aromatic carbocycles. The van der Waals surface area contributed by atoms with Crippen LogP contribution in [0.1, 0.15) is 17.3 Å². The largest absolute Gasteiger partial charge is 0.465 e. The predicted molar refractivity (Wildman–Crippen MR) is 69.5 cm³/mol. The maximum absolute atomic E-state index is 12.0. The van der Waals surface area contributed by atoms with Crippen molar-refractivity contribution < 1.29 is 14.3 Å². The molecular weight excluding hydrogens is 256 g/mol. The fraction of sp³-hybridized carbons (Fsp3) is 0.333. The monoisotopic (exact) mass is 270 g/mol. The van der Waals surface area contributed by atoms with Gasteiger partial charge < -0.3 is 15.4 Å². The Labute approximate surface area is 110 Å². The van der Waals surface area contributed by atoms with Crippen LogP contribution >= 0.6 is 11.6 Å². The van der Waals surface area contributed by atoms with E-state index in [0.717, 1.165) is 0 Å². The topological polar surface area (TPSA) is 72.6 Å². The molecule has 0 fully saturated rings. The standard InChI is InChI=1S/C12H15ClN2O3/c1-3-18-11(16)7-15(2)12(17)9-6-8(13)4-5-10(9)14/h4-6H,3,7,14H2,1-2H3. The molecule has 0 aliphatic heterocycles. The average Bonchev–Trinajstić information content (AvgIpc) is 2.31. The predicted octanol–water partition coefficient (Wildman–Crippen LogP) is 1.56. The van der Waals surface area contributed by atoms with Crippen LogP contribution in [-0.4, -0.2) is 37.0 Å². The SMILES string of the molecule is CCOC(=O)CN(C)C(=O)c1cc(Cl)ccc1N. The number of hydrogen-bond acceptors (Lipinski definition) is 4. The maximum atomic E-state index is 12.0. The Hall–Kier alpha value is -1.75. The number of carbonyl (C=O) groups excluding carboxylic acids is 2. The molecule has 98 valence electrons. The van der Waals surface area contributed by atoms with E-state index in [0.29, 0.717) is 10.7 Å². The summed E-state index contributed by atoms with van der Waals surface area (Å²) in [5.41, 5.74) is 6.29. The molecule has 0 unspecified atom stereocenters. The Morgan fingerprint density at radius 2 is 2.11 bits per heavy atom. The van der Waals surface area contributed by atoms with Crippen LogP contribution in [0.15, 0.2) is 18.2 Å². The average molecular weight is 271 g/mol. The van der Waals surface area contributed by atoms with E-state index in [1.165, 1.54) is 18.0 Å². The molecule has 0 saturated heterocycles. The Morgan fingerprint density at radius 3 is 2.72 bits per heavy atom. The highest BCUT2D eigenvalue weighted by Crippen LogP contribution is 2.19. The van der Waals surface area contributed by atoms with Crippen LogP contribution in [0.3, 0.4) is 0 Å². The van der Waals surface area contributed by atoms with Crippen LogP contribution in [0.25, 0.3) is 0 Å². The molecule has 0 aromatic heterocycles. The van der Waals surface area contributed by atoms with Crippen LogP contribution in [-0.2, 0) is 9.53 Å². The summed E-state index contributed by atoms with van der Waals surface area (Å²) in [6.45, 7) is 1.85. The fourth-order valence-corrected chi connectivity index (χ4v) is 1.56. The lowest BCUT2D eigenvalue weighted by Crippen LogP contribution is -2.33. The van der Waals surface area contributed by atoms with Gasteiger partial charge in [-0.15, -0.1) is 0 Å². The Kier molecular flexibility index (Phi) is 4.97. The zero-order chi connectivity index (χ0) is 13.7. The molecule has 5 nitrogen and oxygen atoms in total. The van der Waals surface area contributed by atoms with Crippen molar-refractivity contribution in [1.82, 2.24) is 4.90 Å². The molecule has 2 N–H and O–H groups in total. The van der Waals surface area contributed by atoms with E-state index >= 15 is 0 Å². The number of rotatable bonds is 4. The normalized spacial score (nSPS) is 9.94. The molecule has 0 saturated carbocycles. The summed E-state index contributed by atoms with van der Waals surface area (Å²) >= 11 is 5.80. The second-order valence-corrected chi connectivity index (χ2v) is 4.13. The highest BCUT2D eigenvalue weighted by Gasteiger charge is 2.18. The van der Waals surface area contributed by atoms with Gasteiger partial charge in [-0.25, -0.2) is 0 Å². The number of nitrogen functional groups attached to an aromatic ring is 1. The number of benzene rings is 1. The molecule has 0 aliphatic carbocycles. The zero-order valence-electron chi connectivity index (χ0n) is 10.3. The van der Waals surface area contributed by atoms with Gasteiger partial charge in [0.1, 0.15) is 6.54 Å². The van der Waals surface area contributed by atoms with E-state index in [1.807, 2.05) is 0 Å². The minimum absolute atomic E-state index is 0.126. The van der Waals surface area contributed by atoms with Crippen molar-refractivity contribution >= 4 is 29.2 Å². The van der Waals surface area contributed by atoms with Crippen LogP contribution in [0.5, 0.6) is 0 Å². The first-order chi connectivity index (χ1) is 8.45. The van der Waals surface area contributed by atoms with E-state index < -0.39 is 5.97 Å². The number of amides is 1. The number of carbonyl (C=O) groups is 2. The minimum atomic E-state index is -0.464. The lowest BCUT2D eigenvalue weighted by molar-refractivity contribution is -0.143. The van der Waals surface area contributed by atoms with E-state index in [-0.39, 0.29) is 24.6 Å². The van der Waals surface area contributed by atoms with Gasteiger partial charge in [0.15, 0.2) is 0 Å². The highest BCUT2D eigenvalue weighted by molar-refractivity contribution is 6.31. The van der Waals surface area contributed by atoms with Gasteiger partial charge in [-0.2, -0.15) is 0 Å². The number of esters is 1. The van der Waals surface area contributed by atoms with Gasteiger partial charge in [-0.3, -0.25) is 9.59 Å². The van der Waals surface area contributed by atoms with Crippen molar-refractivity contribution in [3.05, 3.63) is 28.8 Å². The van der Waals surface area contributed by atoms with Crippen molar-refractivity contribution in [1.29, 1.82) is 0 Å². The molecule has 0 heterocycles. The van der Waals surface area contributed by atoms with E-state index in [4.69, 9.17) is 22.1 Å². The van der Waals surface area contributed by atoms with Crippen molar-refractivity contribution in [2.45, 2.75) is 6.92 Å². The van der Waals surface area contributed by atoms with Crippen molar-refractivity contribution in [3.63, 3.8) is 0 Å². The van der Waals surface area contributed by atoms with Gasteiger partial charge in [0.25, 0.3) is 5.91 Å². The number of hydrogen-bond donors (Lipinski definition) is 1. The number of ether oxygens (including phenoxy) is 1. The quantitative estimate of drug-likeness (QED) is 0.666. The molecule has 1 rings (SSSR count). The van der Waals surface area contributed by atoms with E-state index in [9.17, 15) is 9.59 Å². The fourth-order valence-electron chi connectivity index (χ4n) is 1.39. The van der Waals surface area contributed by atoms with Crippen molar-refractivity contribution in [2.24, 2.45) is 0 Å². The summed E-state index contributed by atoms with van der Waals surface area (Å²) in [7, 11) is 1.50. The zero-order valence-corrected chi connectivity index (χ0v) is 11.0. The first-order valence-electron chi connectivity index (χ1n) is 5.41. The van der Waals surface area contributed by atoms with Gasteiger partial charge in [0.2, 0.25) is 0 Å². The molecule has 1 amide bonds. The lowest BCUT2D eigenvalue weighted by atomic mass is 10.1. The lowest BCUT2D eigenvalue weighted by Gasteiger charge is -2.17. The molecule has 18 heavy (non-hydrogen) atoms. The molecule has 0 atom stereocenters. The van der Waals surface area contributed by atoms with Crippen molar-refractivity contribution in [3.8, 4) is 0 Å². The summed E-state index contributed by atoms with van der Waals surface area (Å²) in [5.74, 6) is -0.836. The summed E-state index contributed by atoms with van der Waals surface area (Å²) in [4.78, 5) is 24.5. The summed E-state index contributed by atoms with van der Waals surface area (Å²) < 4.78 is 4.76. The van der Waals surface area contributed by atoms with Gasteiger partial charge >= 0.3 is 5.97 Å². The molecule has 0 spiro atoms. The molecule has 6 heteroatoms. The van der Waals surface area contributed by atoms with Crippen LogP contribution in [0.2, 0.25) is 5.02 Å². The number of anilines is 1. The van der Waals surface area contributed by atoms with Gasteiger partial charge in [0, 0.05) is 17.8 Å².